The minimum atomic E-state index is -0.0736. The first-order chi connectivity index (χ1) is 11.5. The van der Waals surface area contributed by atoms with Crippen molar-refractivity contribution in [2.75, 3.05) is 5.32 Å². The molecule has 1 aromatic heterocycles. The highest BCUT2D eigenvalue weighted by molar-refractivity contribution is 6.05. The molecule has 124 valence electrons. The van der Waals surface area contributed by atoms with E-state index in [0.717, 1.165) is 11.4 Å². The van der Waals surface area contributed by atoms with Gasteiger partial charge in [-0.05, 0) is 50.8 Å². The van der Waals surface area contributed by atoms with Crippen LogP contribution in [0.1, 0.15) is 65.7 Å². The number of amides is 1. The average molecular weight is 321 g/mol. The van der Waals surface area contributed by atoms with Crippen molar-refractivity contribution in [2.45, 2.75) is 45.4 Å². The van der Waals surface area contributed by atoms with Gasteiger partial charge in [0.25, 0.3) is 5.91 Å². The van der Waals surface area contributed by atoms with E-state index in [-0.39, 0.29) is 5.91 Å². The van der Waals surface area contributed by atoms with Gasteiger partial charge in [-0.25, -0.2) is 0 Å². The first-order valence-corrected chi connectivity index (χ1v) is 8.59. The fraction of sp³-hybridized carbons (Fsp3) is 0.400. The lowest BCUT2D eigenvalue weighted by molar-refractivity contribution is 0.102. The molecule has 24 heavy (non-hydrogen) atoms. The fourth-order valence-electron chi connectivity index (χ4n) is 4.60. The molecule has 0 aliphatic heterocycles. The van der Waals surface area contributed by atoms with Crippen LogP contribution < -0.4 is 5.32 Å². The first-order valence-electron chi connectivity index (χ1n) is 8.59. The average Bonchev–Trinajstić information content (AvgIpc) is 3.19. The molecular weight excluding hydrogens is 298 g/mol. The molecule has 1 N–H and O–H groups in total. The van der Waals surface area contributed by atoms with Gasteiger partial charge in [-0.3, -0.25) is 9.48 Å². The van der Waals surface area contributed by atoms with E-state index in [1.807, 2.05) is 20.0 Å². The predicted molar refractivity (Wildman–Crippen MR) is 95.4 cm³/mol. The largest absolute Gasteiger partial charge is 0.322 e. The van der Waals surface area contributed by atoms with E-state index in [2.05, 4.69) is 36.4 Å². The number of aryl methyl sites for hydroxylation is 2. The van der Waals surface area contributed by atoms with E-state index < -0.39 is 0 Å². The number of nitrogens with zero attached hydrogens (tertiary/aromatic N) is 2. The van der Waals surface area contributed by atoms with E-state index in [9.17, 15) is 4.79 Å². The van der Waals surface area contributed by atoms with Crippen molar-refractivity contribution >= 4 is 11.6 Å². The molecular formula is C20H23N3O. The number of fused-ring (bicyclic) bond motifs is 5. The standard InChI is InChI=1S/C20H23N3O/c1-11(2)18-14-8-9-15(18)19-13(14)6-5-7-17(19)21-20(24)16-10-23(4)22-12(16)3/h5-7,10,14-15H,8-9H2,1-4H3,(H,21,24). The molecule has 4 heteroatoms. The zero-order chi connectivity index (χ0) is 17.0. The maximum absolute atomic E-state index is 12.7. The van der Waals surface area contributed by atoms with Crippen LogP contribution in [-0.4, -0.2) is 15.7 Å². The molecule has 0 spiro atoms. The second-order valence-corrected chi connectivity index (χ2v) is 7.20. The van der Waals surface area contributed by atoms with Crippen molar-refractivity contribution in [3.63, 3.8) is 0 Å². The highest BCUT2D eigenvalue weighted by atomic mass is 16.1. The number of hydrogen-bond acceptors (Lipinski definition) is 2. The van der Waals surface area contributed by atoms with Crippen LogP contribution in [0.3, 0.4) is 0 Å². The van der Waals surface area contributed by atoms with Gasteiger partial charge >= 0.3 is 0 Å². The molecule has 1 amide bonds. The summed E-state index contributed by atoms with van der Waals surface area (Å²) in [6.45, 7) is 6.29. The van der Waals surface area contributed by atoms with Gasteiger partial charge in [-0.15, -0.1) is 0 Å². The van der Waals surface area contributed by atoms with Crippen molar-refractivity contribution in [1.82, 2.24) is 9.78 Å². The fourth-order valence-corrected chi connectivity index (χ4v) is 4.60. The summed E-state index contributed by atoms with van der Waals surface area (Å²) in [7, 11) is 1.84. The Bertz CT molecular complexity index is 871. The number of benzene rings is 1. The van der Waals surface area contributed by atoms with Crippen LogP contribution in [0.5, 0.6) is 0 Å². The lowest BCUT2D eigenvalue weighted by Gasteiger charge is -2.18. The normalized spacial score (nSPS) is 21.1. The number of carbonyl (C=O) groups excluding carboxylic acids is 1. The van der Waals surface area contributed by atoms with Crippen LogP contribution in [0, 0.1) is 6.92 Å². The van der Waals surface area contributed by atoms with Crippen LogP contribution in [0.15, 0.2) is 35.5 Å². The van der Waals surface area contributed by atoms with Crippen LogP contribution in [0.2, 0.25) is 0 Å². The first kappa shape index (κ1) is 15.2. The molecule has 4 rings (SSSR count). The molecule has 2 aromatic rings. The van der Waals surface area contributed by atoms with Gasteiger partial charge in [0.2, 0.25) is 0 Å². The maximum atomic E-state index is 12.7. The van der Waals surface area contributed by atoms with Crippen LogP contribution in [0.25, 0.3) is 0 Å². The third-order valence-electron chi connectivity index (χ3n) is 5.44. The van der Waals surface area contributed by atoms with Gasteiger partial charge in [-0.2, -0.15) is 5.10 Å². The summed E-state index contributed by atoms with van der Waals surface area (Å²) in [4.78, 5) is 12.7. The van der Waals surface area contributed by atoms with Gasteiger partial charge in [0.05, 0.1) is 11.3 Å². The van der Waals surface area contributed by atoms with Crippen molar-refractivity contribution in [3.8, 4) is 0 Å². The molecule has 1 heterocycles. The molecule has 1 saturated carbocycles. The van der Waals surface area contributed by atoms with Gasteiger partial charge in [0.15, 0.2) is 0 Å². The number of rotatable bonds is 2. The molecule has 2 atom stereocenters. The molecule has 1 aromatic carbocycles. The summed E-state index contributed by atoms with van der Waals surface area (Å²) in [5.74, 6) is 0.948. The SMILES string of the molecule is CC(C)=C1C2CCC1c1c(NC(=O)c3cn(C)nc3C)cccc12. The number of hydrogen-bond donors (Lipinski definition) is 1. The monoisotopic (exact) mass is 321 g/mol. The molecule has 2 aliphatic carbocycles. The van der Waals surface area contributed by atoms with Crippen molar-refractivity contribution in [3.05, 3.63) is 57.9 Å². The molecule has 4 nitrogen and oxygen atoms in total. The summed E-state index contributed by atoms with van der Waals surface area (Å²) in [6.07, 6.45) is 4.20. The molecule has 0 radical (unpaired) electrons. The predicted octanol–water partition coefficient (Wildman–Crippen LogP) is 4.29. The van der Waals surface area contributed by atoms with Crippen LogP contribution in [0.4, 0.5) is 5.69 Å². The number of carbonyl (C=O) groups is 1. The quantitative estimate of drug-likeness (QED) is 0.839. The van der Waals surface area contributed by atoms with E-state index >= 15 is 0 Å². The zero-order valence-electron chi connectivity index (χ0n) is 14.7. The lowest BCUT2D eigenvalue weighted by atomic mass is 9.90. The van der Waals surface area contributed by atoms with E-state index in [1.165, 1.54) is 29.5 Å². The number of nitrogens with one attached hydrogen (secondary N) is 1. The lowest BCUT2D eigenvalue weighted by Crippen LogP contribution is -2.15. The Hall–Kier alpha value is -2.36. The Kier molecular flexibility index (Phi) is 3.37. The molecule has 2 aliphatic rings. The summed E-state index contributed by atoms with van der Waals surface area (Å²) in [5.41, 5.74) is 8.10. The van der Waals surface area contributed by atoms with Gasteiger partial charge < -0.3 is 5.32 Å². The van der Waals surface area contributed by atoms with Crippen molar-refractivity contribution < 1.29 is 4.79 Å². The highest BCUT2D eigenvalue weighted by Crippen LogP contribution is 2.59. The minimum Gasteiger partial charge on any atom is -0.322 e. The van der Waals surface area contributed by atoms with Gasteiger partial charge in [0.1, 0.15) is 0 Å². The van der Waals surface area contributed by atoms with Crippen molar-refractivity contribution in [2.24, 2.45) is 7.05 Å². The Morgan fingerprint density at radius 3 is 2.67 bits per heavy atom. The van der Waals surface area contributed by atoms with E-state index in [4.69, 9.17) is 0 Å². The van der Waals surface area contributed by atoms with E-state index in [0.29, 0.717) is 17.4 Å². The number of aromatic nitrogens is 2. The van der Waals surface area contributed by atoms with Crippen LogP contribution >= 0.6 is 0 Å². The van der Waals surface area contributed by atoms with Gasteiger partial charge in [-0.1, -0.05) is 23.3 Å². The maximum Gasteiger partial charge on any atom is 0.259 e. The second kappa shape index (κ2) is 5.33. The van der Waals surface area contributed by atoms with Crippen LogP contribution in [-0.2, 0) is 7.05 Å². The number of allylic oxidation sites excluding steroid dienone is 2. The zero-order valence-corrected chi connectivity index (χ0v) is 14.7. The molecule has 2 unspecified atom stereocenters. The summed E-state index contributed by atoms with van der Waals surface area (Å²) in [5, 5.41) is 7.41. The van der Waals surface area contributed by atoms with E-state index in [1.54, 1.807) is 16.5 Å². The molecule has 2 bridgehead atoms. The molecule has 0 saturated heterocycles. The third-order valence-corrected chi connectivity index (χ3v) is 5.44. The summed E-state index contributed by atoms with van der Waals surface area (Å²) in [6, 6.07) is 6.33. The Morgan fingerprint density at radius 1 is 1.25 bits per heavy atom. The Balaban J connectivity index is 1.72. The Labute approximate surface area is 142 Å². The third kappa shape index (κ3) is 2.13. The summed E-state index contributed by atoms with van der Waals surface area (Å²) >= 11 is 0. The smallest absolute Gasteiger partial charge is 0.259 e. The van der Waals surface area contributed by atoms with Crippen molar-refractivity contribution in [1.29, 1.82) is 0 Å². The topological polar surface area (TPSA) is 46.9 Å². The minimum absolute atomic E-state index is 0.0736. The second-order valence-electron chi connectivity index (χ2n) is 7.20. The Morgan fingerprint density at radius 2 is 2.00 bits per heavy atom. The molecule has 1 fully saturated rings. The summed E-state index contributed by atoms with van der Waals surface area (Å²) < 4.78 is 1.68. The highest BCUT2D eigenvalue weighted by Gasteiger charge is 2.43. The van der Waals surface area contributed by atoms with Gasteiger partial charge in [0, 0.05) is 30.8 Å². The number of anilines is 1.